The molecule has 1 saturated heterocycles. The fourth-order valence-electron chi connectivity index (χ4n) is 2.89. The number of hydrogen-bond acceptors (Lipinski definition) is 3. The number of benzene rings is 2. The number of nitrogens with zero attached hydrogens (tertiary/aromatic N) is 2. The Labute approximate surface area is 151 Å². The summed E-state index contributed by atoms with van der Waals surface area (Å²) < 4.78 is 6.33. The molecule has 0 bridgehead atoms. The lowest BCUT2D eigenvalue weighted by Crippen LogP contribution is -2.48. The van der Waals surface area contributed by atoms with E-state index in [-0.39, 0.29) is 5.91 Å². The molecule has 1 amide bonds. The maximum absolute atomic E-state index is 12.6. The van der Waals surface area contributed by atoms with Crippen molar-refractivity contribution in [1.82, 2.24) is 4.90 Å². The summed E-state index contributed by atoms with van der Waals surface area (Å²) in [4.78, 5) is 16.9. The Balaban J connectivity index is 1.61. The molecule has 0 saturated carbocycles. The van der Waals surface area contributed by atoms with Crippen LogP contribution in [0.3, 0.4) is 0 Å². The normalized spacial score (nSPS) is 14.6. The number of halogens is 1. The predicted octanol–water partition coefficient (Wildman–Crippen LogP) is 3.81. The van der Waals surface area contributed by atoms with Gasteiger partial charge in [0.1, 0.15) is 5.75 Å². The Hall–Kier alpha value is -2.01. The third-order valence-electron chi connectivity index (χ3n) is 4.18. The fraction of sp³-hybridized carbons (Fsp3) is 0.316. The van der Waals surface area contributed by atoms with Gasteiger partial charge in [0.25, 0.3) is 5.91 Å². The first-order valence-electron chi connectivity index (χ1n) is 8.20. The zero-order chi connectivity index (χ0) is 16.9. The van der Waals surface area contributed by atoms with E-state index in [2.05, 4.69) is 33.0 Å². The van der Waals surface area contributed by atoms with E-state index in [0.717, 1.165) is 42.0 Å². The van der Waals surface area contributed by atoms with Gasteiger partial charge >= 0.3 is 0 Å². The van der Waals surface area contributed by atoms with Crippen molar-refractivity contribution >= 4 is 27.5 Å². The van der Waals surface area contributed by atoms with Crippen LogP contribution in [-0.4, -0.2) is 43.6 Å². The van der Waals surface area contributed by atoms with Crippen molar-refractivity contribution in [2.24, 2.45) is 0 Å². The topological polar surface area (TPSA) is 32.8 Å². The molecule has 5 heteroatoms. The highest BCUT2D eigenvalue weighted by molar-refractivity contribution is 9.10. The van der Waals surface area contributed by atoms with Gasteiger partial charge in [-0.2, -0.15) is 0 Å². The molecule has 1 aliphatic rings. The summed E-state index contributed by atoms with van der Waals surface area (Å²) in [7, 11) is 0. The Bertz CT molecular complexity index is 695. The van der Waals surface area contributed by atoms with E-state index in [1.165, 1.54) is 5.69 Å². The molecular weight excluding hydrogens is 368 g/mol. The van der Waals surface area contributed by atoms with E-state index in [1.54, 1.807) is 0 Å². The molecule has 24 heavy (non-hydrogen) atoms. The van der Waals surface area contributed by atoms with Crippen molar-refractivity contribution in [2.75, 3.05) is 37.7 Å². The van der Waals surface area contributed by atoms with Crippen molar-refractivity contribution in [3.8, 4) is 5.75 Å². The van der Waals surface area contributed by atoms with Crippen LogP contribution in [0.4, 0.5) is 5.69 Å². The summed E-state index contributed by atoms with van der Waals surface area (Å²) >= 11 is 3.46. The number of carbonyl (C=O) groups excluding carboxylic acids is 1. The molecule has 0 N–H and O–H groups in total. The molecule has 2 aromatic rings. The summed E-state index contributed by atoms with van der Waals surface area (Å²) in [6.07, 6.45) is 0. The first-order valence-corrected chi connectivity index (χ1v) is 9.00. The number of hydrogen-bond donors (Lipinski definition) is 0. The van der Waals surface area contributed by atoms with Gasteiger partial charge in [-0.15, -0.1) is 0 Å². The second kappa shape index (κ2) is 7.71. The predicted molar refractivity (Wildman–Crippen MR) is 99.9 cm³/mol. The molecule has 0 unspecified atom stereocenters. The lowest BCUT2D eigenvalue weighted by atomic mass is 10.1. The average Bonchev–Trinajstić information content (AvgIpc) is 2.63. The zero-order valence-electron chi connectivity index (χ0n) is 13.7. The quantitative estimate of drug-likeness (QED) is 0.797. The molecule has 2 aromatic carbocycles. The molecule has 126 valence electrons. The molecule has 4 nitrogen and oxygen atoms in total. The second-order valence-electron chi connectivity index (χ2n) is 5.69. The van der Waals surface area contributed by atoms with Gasteiger partial charge in [-0.1, -0.05) is 12.1 Å². The first kappa shape index (κ1) is 16.8. The van der Waals surface area contributed by atoms with Gasteiger partial charge in [0.05, 0.1) is 12.2 Å². The van der Waals surface area contributed by atoms with E-state index < -0.39 is 0 Å². The SMILES string of the molecule is CCOc1ccc(N2CCN(C(=O)c3ccccc3Br)CC2)cc1. The minimum absolute atomic E-state index is 0.0915. The monoisotopic (exact) mass is 388 g/mol. The smallest absolute Gasteiger partial charge is 0.255 e. The highest BCUT2D eigenvalue weighted by Gasteiger charge is 2.23. The van der Waals surface area contributed by atoms with Gasteiger partial charge in [0, 0.05) is 36.3 Å². The molecule has 0 aromatic heterocycles. The Morgan fingerprint density at radius 2 is 1.71 bits per heavy atom. The number of piperazine rings is 1. The molecule has 0 spiro atoms. The van der Waals surface area contributed by atoms with Crippen molar-refractivity contribution < 1.29 is 9.53 Å². The third-order valence-corrected chi connectivity index (χ3v) is 4.88. The number of amides is 1. The molecule has 0 atom stereocenters. The summed E-state index contributed by atoms with van der Waals surface area (Å²) in [5.74, 6) is 0.984. The third kappa shape index (κ3) is 3.73. The van der Waals surface area contributed by atoms with Gasteiger partial charge in [-0.05, 0) is 59.3 Å². The van der Waals surface area contributed by atoms with Crippen molar-refractivity contribution in [3.05, 3.63) is 58.6 Å². The second-order valence-corrected chi connectivity index (χ2v) is 6.54. The average molecular weight is 389 g/mol. The van der Waals surface area contributed by atoms with Gasteiger partial charge in [-0.25, -0.2) is 0 Å². The van der Waals surface area contributed by atoms with Crippen molar-refractivity contribution in [3.63, 3.8) is 0 Å². The molecule has 0 radical (unpaired) electrons. The van der Waals surface area contributed by atoms with Crippen LogP contribution in [0, 0.1) is 0 Å². The van der Waals surface area contributed by atoms with E-state index >= 15 is 0 Å². The molecule has 1 fully saturated rings. The summed E-state index contributed by atoms with van der Waals surface area (Å²) in [6.45, 7) is 5.79. The minimum atomic E-state index is 0.0915. The Morgan fingerprint density at radius 1 is 1.04 bits per heavy atom. The van der Waals surface area contributed by atoms with Crippen LogP contribution in [0.25, 0.3) is 0 Å². The first-order chi connectivity index (χ1) is 11.7. The van der Waals surface area contributed by atoms with Crippen LogP contribution in [0.5, 0.6) is 5.75 Å². The van der Waals surface area contributed by atoms with Gasteiger partial charge in [-0.3, -0.25) is 4.79 Å². The molecule has 0 aliphatic carbocycles. The fourth-order valence-corrected chi connectivity index (χ4v) is 3.35. The molecule has 1 heterocycles. The minimum Gasteiger partial charge on any atom is -0.494 e. The Kier molecular flexibility index (Phi) is 5.41. The van der Waals surface area contributed by atoms with E-state index in [1.807, 2.05) is 48.2 Å². The largest absolute Gasteiger partial charge is 0.494 e. The number of ether oxygens (including phenoxy) is 1. The summed E-state index contributed by atoms with van der Waals surface area (Å²) in [5, 5.41) is 0. The van der Waals surface area contributed by atoms with E-state index in [0.29, 0.717) is 6.61 Å². The number of carbonyl (C=O) groups is 1. The van der Waals surface area contributed by atoms with E-state index in [9.17, 15) is 4.79 Å². The zero-order valence-corrected chi connectivity index (χ0v) is 15.3. The van der Waals surface area contributed by atoms with Gasteiger partial charge < -0.3 is 14.5 Å². The molecular formula is C19H21BrN2O2. The number of anilines is 1. The lowest BCUT2D eigenvalue weighted by molar-refractivity contribution is 0.0746. The van der Waals surface area contributed by atoms with Crippen LogP contribution < -0.4 is 9.64 Å². The highest BCUT2D eigenvalue weighted by Crippen LogP contribution is 2.22. The van der Waals surface area contributed by atoms with Gasteiger partial charge in [0.2, 0.25) is 0 Å². The number of rotatable bonds is 4. The van der Waals surface area contributed by atoms with Crippen molar-refractivity contribution in [2.45, 2.75) is 6.92 Å². The summed E-state index contributed by atoms with van der Waals surface area (Å²) in [5.41, 5.74) is 1.90. The maximum Gasteiger partial charge on any atom is 0.255 e. The highest BCUT2D eigenvalue weighted by atomic mass is 79.9. The van der Waals surface area contributed by atoms with Gasteiger partial charge in [0.15, 0.2) is 0 Å². The van der Waals surface area contributed by atoms with Crippen LogP contribution in [0.2, 0.25) is 0 Å². The maximum atomic E-state index is 12.6. The standard InChI is InChI=1S/C19H21BrN2O2/c1-2-24-16-9-7-15(8-10-16)21-11-13-22(14-12-21)19(23)17-5-3-4-6-18(17)20/h3-10H,2,11-14H2,1H3. The lowest BCUT2D eigenvalue weighted by Gasteiger charge is -2.36. The van der Waals surface area contributed by atoms with Crippen LogP contribution >= 0.6 is 15.9 Å². The van der Waals surface area contributed by atoms with E-state index in [4.69, 9.17) is 4.74 Å². The van der Waals surface area contributed by atoms with Crippen molar-refractivity contribution in [1.29, 1.82) is 0 Å². The summed E-state index contributed by atoms with van der Waals surface area (Å²) in [6, 6.07) is 15.7. The van der Waals surface area contributed by atoms with Crippen LogP contribution in [0.15, 0.2) is 53.0 Å². The van der Waals surface area contributed by atoms with Crippen LogP contribution in [0.1, 0.15) is 17.3 Å². The molecule has 1 aliphatic heterocycles. The van der Waals surface area contributed by atoms with Crippen LogP contribution in [-0.2, 0) is 0 Å². The molecule has 3 rings (SSSR count). The Morgan fingerprint density at radius 3 is 2.33 bits per heavy atom.